The van der Waals surface area contributed by atoms with Crippen molar-refractivity contribution in [3.63, 3.8) is 0 Å². The Labute approximate surface area is 111 Å². The lowest BCUT2D eigenvalue weighted by Gasteiger charge is -2.13. The summed E-state index contributed by atoms with van der Waals surface area (Å²) in [6, 6.07) is 7.06. The summed E-state index contributed by atoms with van der Waals surface area (Å²) in [6.07, 6.45) is 2.51. The molecule has 1 aliphatic rings. The molecule has 1 fully saturated rings. The van der Waals surface area contributed by atoms with Gasteiger partial charge in [-0.3, -0.25) is 14.9 Å². The second-order valence-corrected chi connectivity index (χ2v) is 4.52. The largest absolute Gasteiger partial charge is 0.497 e. The van der Waals surface area contributed by atoms with Crippen LogP contribution < -0.4 is 4.74 Å². The first-order valence-electron chi connectivity index (χ1n) is 6.08. The number of ether oxygens (including phenoxy) is 1. The van der Waals surface area contributed by atoms with Crippen molar-refractivity contribution in [2.75, 3.05) is 13.7 Å². The van der Waals surface area contributed by atoms with Crippen LogP contribution in [0.15, 0.2) is 35.4 Å². The van der Waals surface area contributed by atoms with E-state index in [1.807, 2.05) is 0 Å². The molecular weight excluding hydrogens is 246 g/mol. The van der Waals surface area contributed by atoms with Crippen molar-refractivity contribution in [3.8, 4) is 5.75 Å². The molecule has 1 aliphatic carbocycles. The summed E-state index contributed by atoms with van der Waals surface area (Å²) in [5, 5.41) is 10.8. The lowest BCUT2D eigenvalue weighted by molar-refractivity contribution is -0.481. The second kappa shape index (κ2) is 5.65. The Kier molecular flexibility index (Phi) is 3.94. The zero-order valence-corrected chi connectivity index (χ0v) is 10.7. The fraction of sp³-hybridized carbons (Fsp3) is 0.357. The number of benzene rings is 1. The predicted molar refractivity (Wildman–Crippen MR) is 69.9 cm³/mol. The van der Waals surface area contributed by atoms with Gasteiger partial charge in [-0.1, -0.05) is 17.7 Å². The standard InChI is InChI=1S/C14H15NO4/c1-19-12-6-4-10(5-7-12)13(8-15(17)18)14(9-16)11-2-3-11/h4-7,9,13H,2-3,8H2,1H3. The Morgan fingerprint density at radius 3 is 2.47 bits per heavy atom. The number of carbonyl (C=O) groups is 1. The molecule has 0 amide bonds. The molecule has 0 aliphatic heterocycles. The molecule has 1 saturated carbocycles. The summed E-state index contributed by atoms with van der Waals surface area (Å²) < 4.78 is 5.06. The zero-order chi connectivity index (χ0) is 13.8. The molecule has 0 aromatic heterocycles. The molecule has 0 radical (unpaired) electrons. The van der Waals surface area contributed by atoms with Gasteiger partial charge in [0.15, 0.2) is 0 Å². The van der Waals surface area contributed by atoms with Crippen molar-refractivity contribution in [3.05, 3.63) is 51.1 Å². The van der Waals surface area contributed by atoms with Gasteiger partial charge in [-0.05, 0) is 30.5 Å². The van der Waals surface area contributed by atoms with E-state index in [-0.39, 0.29) is 11.5 Å². The van der Waals surface area contributed by atoms with Crippen LogP contribution in [0.3, 0.4) is 0 Å². The van der Waals surface area contributed by atoms with Crippen molar-refractivity contribution in [2.24, 2.45) is 0 Å². The highest BCUT2D eigenvalue weighted by Gasteiger charge is 2.28. The Hall–Kier alpha value is -2.17. The first-order chi connectivity index (χ1) is 9.15. The van der Waals surface area contributed by atoms with E-state index in [9.17, 15) is 14.9 Å². The van der Waals surface area contributed by atoms with Gasteiger partial charge < -0.3 is 4.74 Å². The lowest BCUT2D eigenvalue weighted by Crippen LogP contribution is -2.16. The van der Waals surface area contributed by atoms with Crippen molar-refractivity contribution in [1.82, 2.24) is 0 Å². The molecule has 19 heavy (non-hydrogen) atoms. The van der Waals surface area contributed by atoms with E-state index in [0.717, 1.165) is 30.3 Å². The molecule has 0 saturated heterocycles. The van der Waals surface area contributed by atoms with Crippen LogP contribution >= 0.6 is 0 Å². The van der Waals surface area contributed by atoms with Gasteiger partial charge in [0.05, 0.1) is 13.0 Å². The van der Waals surface area contributed by atoms with E-state index in [2.05, 4.69) is 0 Å². The third kappa shape index (κ3) is 3.19. The minimum Gasteiger partial charge on any atom is -0.497 e. The molecule has 1 atom stereocenters. The average Bonchev–Trinajstić information content (AvgIpc) is 3.23. The molecule has 0 heterocycles. The van der Waals surface area contributed by atoms with Crippen molar-refractivity contribution >= 4 is 6.29 Å². The number of nitrogens with zero attached hydrogens (tertiary/aromatic N) is 1. The van der Waals surface area contributed by atoms with E-state index in [4.69, 9.17) is 4.74 Å². The SMILES string of the molecule is COc1ccc(C(C[N+](=O)[O-])C(C=O)=C2CC2)cc1. The zero-order valence-electron chi connectivity index (χ0n) is 10.7. The molecule has 0 N–H and O–H groups in total. The third-order valence-electron chi connectivity index (χ3n) is 3.26. The maximum absolute atomic E-state index is 11.2. The number of hydrogen-bond donors (Lipinski definition) is 0. The fourth-order valence-corrected chi connectivity index (χ4v) is 2.13. The number of aldehydes is 1. The monoisotopic (exact) mass is 261 g/mol. The van der Waals surface area contributed by atoms with Crippen LogP contribution in [-0.2, 0) is 4.79 Å². The van der Waals surface area contributed by atoms with E-state index in [0.29, 0.717) is 11.3 Å². The molecule has 5 nitrogen and oxygen atoms in total. The van der Waals surface area contributed by atoms with Crippen LogP contribution in [0.2, 0.25) is 0 Å². The number of nitro groups is 1. The van der Waals surface area contributed by atoms with Crippen molar-refractivity contribution in [1.29, 1.82) is 0 Å². The smallest absolute Gasteiger partial charge is 0.214 e. The summed E-state index contributed by atoms with van der Waals surface area (Å²) in [6.45, 7) is -0.260. The normalized spacial score (nSPS) is 14.7. The number of hydrogen-bond acceptors (Lipinski definition) is 4. The van der Waals surface area contributed by atoms with Gasteiger partial charge >= 0.3 is 0 Å². The topological polar surface area (TPSA) is 69.4 Å². The number of allylic oxidation sites excluding steroid dienone is 1. The lowest BCUT2D eigenvalue weighted by atomic mass is 9.91. The van der Waals surface area contributed by atoms with E-state index < -0.39 is 5.92 Å². The second-order valence-electron chi connectivity index (χ2n) is 4.52. The Bertz CT molecular complexity index is 513. The Balaban J connectivity index is 2.33. The van der Waals surface area contributed by atoms with Gasteiger partial charge in [0.2, 0.25) is 6.54 Å². The molecule has 2 rings (SSSR count). The van der Waals surface area contributed by atoms with Crippen LogP contribution in [0.4, 0.5) is 0 Å². The van der Waals surface area contributed by atoms with Gasteiger partial charge in [-0.15, -0.1) is 0 Å². The van der Waals surface area contributed by atoms with Gasteiger partial charge in [-0.25, -0.2) is 0 Å². The quantitative estimate of drug-likeness (QED) is 0.341. The van der Waals surface area contributed by atoms with E-state index >= 15 is 0 Å². The minimum absolute atomic E-state index is 0.260. The van der Waals surface area contributed by atoms with Crippen LogP contribution in [0.25, 0.3) is 0 Å². The molecule has 0 bridgehead atoms. The van der Waals surface area contributed by atoms with E-state index in [1.54, 1.807) is 31.4 Å². The van der Waals surface area contributed by atoms with Crippen LogP contribution in [-0.4, -0.2) is 24.9 Å². The molecular formula is C14H15NO4. The summed E-state index contributed by atoms with van der Waals surface area (Å²) in [5.74, 6) is 0.228. The number of carbonyl (C=O) groups excluding carboxylic acids is 1. The number of rotatable bonds is 6. The maximum atomic E-state index is 11.2. The van der Waals surface area contributed by atoms with Gasteiger partial charge in [0, 0.05) is 10.5 Å². The van der Waals surface area contributed by atoms with Gasteiger partial charge in [0.25, 0.3) is 0 Å². The maximum Gasteiger partial charge on any atom is 0.214 e. The summed E-state index contributed by atoms with van der Waals surface area (Å²) in [5.41, 5.74) is 2.39. The van der Waals surface area contributed by atoms with Gasteiger partial charge in [-0.2, -0.15) is 0 Å². The highest BCUT2D eigenvalue weighted by molar-refractivity contribution is 5.78. The summed E-state index contributed by atoms with van der Waals surface area (Å²) in [4.78, 5) is 21.6. The first kappa shape index (κ1) is 13.3. The predicted octanol–water partition coefficient (Wildman–Crippen LogP) is 2.34. The molecule has 5 heteroatoms. The summed E-state index contributed by atoms with van der Waals surface area (Å²) >= 11 is 0. The highest BCUT2D eigenvalue weighted by atomic mass is 16.6. The summed E-state index contributed by atoms with van der Waals surface area (Å²) in [7, 11) is 1.56. The fourth-order valence-electron chi connectivity index (χ4n) is 2.13. The molecule has 1 aromatic rings. The van der Waals surface area contributed by atoms with Crippen LogP contribution in [0.1, 0.15) is 24.3 Å². The van der Waals surface area contributed by atoms with Crippen LogP contribution in [0, 0.1) is 10.1 Å². The first-order valence-corrected chi connectivity index (χ1v) is 6.08. The minimum atomic E-state index is -0.462. The Morgan fingerprint density at radius 2 is 2.05 bits per heavy atom. The number of methoxy groups -OCH3 is 1. The Morgan fingerprint density at radius 1 is 1.42 bits per heavy atom. The molecule has 0 spiro atoms. The third-order valence-corrected chi connectivity index (χ3v) is 3.26. The average molecular weight is 261 g/mol. The van der Waals surface area contributed by atoms with Crippen molar-refractivity contribution in [2.45, 2.75) is 18.8 Å². The van der Waals surface area contributed by atoms with Crippen molar-refractivity contribution < 1.29 is 14.5 Å². The molecule has 100 valence electrons. The molecule has 1 aromatic carbocycles. The highest BCUT2D eigenvalue weighted by Crippen LogP contribution is 2.37. The molecule has 1 unspecified atom stereocenters. The van der Waals surface area contributed by atoms with Crippen LogP contribution in [0.5, 0.6) is 5.75 Å². The van der Waals surface area contributed by atoms with E-state index in [1.165, 1.54) is 0 Å². The van der Waals surface area contributed by atoms with Gasteiger partial charge in [0.1, 0.15) is 12.0 Å².